The highest BCUT2D eigenvalue weighted by molar-refractivity contribution is 7.89. The van der Waals surface area contributed by atoms with Crippen molar-refractivity contribution in [3.05, 3.63) is 42.5 Å². The number of β-amino-alcohol motifs (C(OH)–C–C–N with tert-alkyl or cyclic N) is 1. The molecule has 2 aromatic carbocycles. The zero-order chi connectivity index (χ0) is 18.6. The number of piperidine rings is 1. The van der Waals surface area contributed by atoms with Crippen LogP contribution in [0.5, 0.6) is 0 Å². The molecule has 1 heterocycles. The lowest BCUT2D eigenvalue weighted by atomic mass is 9.99. The summed E-state index contributed by atoms with van der Waals surface area (Å²) in [4.78, 5) is 2.55. The lowest BCUT2D eigenvalue weighted by molar-refractivity contribution is 0.0683. The first-order valence-corrected chi connectivity index (χ1v) is 10.9. The summed E-state index contributed by atoms with van der Waals surface area (Å²) < 4.78 is 28.0. The topological polar surface area (TPSA) is 69.6 Å². The molecular formula is C20H28N2O3S. The summed E-state index contributed by atoms with van der Waals surface area (Å²) in [6.45, 7) is 3.68. The van der Waals surface area contributed by atoms with Crippen LogP contribution in [0.3, 0.4) is 0 Å². The molecule has 1 fully saturated rings. The monoisotopic (exact) mass is 376 g/mol. The van der Waals surface area contributed by atoms with Gasteiger partial charge in [-0.1, -0.05) is 49.7 Å². The molecule has 0 aliphatic carbocycles. The van der Waals surface area contributed by atoms with E-state index in [1.165, 1.54) is 6.42 Å². The van der Waals surface area contributed by atoms with Crippen molar-refractivity contribution in [3.63, 3.8) is 0 Å². The van der Waals surface area contributed by atoms with Crippen LogP contribution in [0.1, 0.15) is 32.6 Å². The Kier molecular flexibility index (Phi) is 6.29. The van der Waals surface area contributed by atoms with Crippen LogP contribution in [0, 0.1) is 0 Å². The molecule has 0 spiro atoms. The van der Waals surface area contributed by atoms with E-state index in [1.54, 1.807) is 18.2 Å². The number of sulfonamides is 1. The van der Waals surface area contributed by atoms with E-state index in [0.29, 0.717) is 18.0 Å². The number of aliphatic hydroxyl groups excluding tert-OH is 1. The molecule has 0 unspecified atom stereocenters. The molecule has 2 N–H and O–H groups in total. The number of benzene rings is 2. The minimum absolute atomic E-state index is 0.0263. The van der Waals surface area contributed by atoms with Crippen LogP contribution in [0.15, 0.2) is 47.4 Å². The number of likely N-dealkylation sites (tertiary alicyclic amines) is 1. The maximum Gasteiger partial charge on any atom is 0.241 e. The van der Waals surface area contributed by atoms with Crippen molar-refractivity contribution in [2.45, 2.75) is 49.6 Å². The maximum atomic E-state index is 12.7. The number of rotatable bonds is 7. The number of hydrogen-bond donors (Lipinski definition) is 2. The number of hydrogen-bond acceptors (Lipinski definition) is 4. The van der Waals surface area contributed by atoms with Gasteiger partial charge in [0.15, 0.2) is 0 Å². The van der Waals surface area contributed by atoms with Crippen molar-refractivity contribution < 1.29 is 13.5 Å². The van der Waals surface area contributed by atoms with Gasteiger partial charge in [0.05, 0.1) is 11.0 Å². The van der Waals surface area contributed by atoms with Gasteiger partial charge in [0.2, 0.25) is 10.0 Å². The summed E-state index contributed by atoms with van der Waals surface area (Å²) in [5.74, 6) is 0. The standard InChI is InChI=1S/C20H28N2O3S/c1-2-17-10-5-6-13-22(17)15-18(23)14-21-26(24,25)20-12-7-9-16-8-3-4-11-19(16)20/h3-4,7-9,11-12,17-18,21,23H,2,5-6,10,13-15H2,1H3/t17-,18-/m0/s1. The van der Waals surface area contributed by atoms with E-state index in [9.17, 15) is 13.5 Å². The molecule has 6 heteroatoms. The van der Waals surface area contributed by atoms with Crippen LogP contribution in [0.25, 0.3) is 10.8 Å². The maximum absolute atomic E-state index is 12.7. The number of aliphatic hydroxyl groups is 1. The molecule has 142 valence electrons. The summed E-state index contributed by atoms with van der Waals surface area (Å²) in [6, 6.07) is 13.2. The van der Waals surface area contributed by atoms with Crippen molar-refractivity contribution in [2.24, 2.45) is 0 Å². The highest BCUT2D eigenvalue weighted by atomic mass is 32.2. The van der Waals surface area contributed by atoms with Gasteiger partial charge in [0.1, 0.15) is 0 Å². The van der Waals surface area contributed by atoms with Crippen LogP contribution in [0.4, 0.5) is 0 Å². The quantitative estimate of drug-likeness (QED) is 0.780. The number of nitrogens with zero attached hydrogens (tertiary/aromatic N) is 1. The molecule has 3 rings (SSSR count). The first kappa shape index (κ1) is 19.3. The Morgan fingerprint density at radius 1 is 1.19 bits per heavy atom. The van der Waals surface area contributed by atoms with Crippen molar-refractivity contribution >= 4 is 20.8 Å². The van der Waals surface area contributed by atoms with E-state index in [-0.39, 0.29) is 11.4 Å². The SMILES string of the molecule is CC[C@H]1CCCCN1C[C@@H](O)CNS(=O)(=O)c1cccc2ccccc12. The average Bonchev–Trinajstić information content (AvgIpc) is 2.66. The summed E-state index contributed by atoms with van der Waals surface area (Å²) in [7, 11) is -3.67. The molecule has 5 nitrogen and oxygen atoms in total. The van der Waals surface area contributed by atoms with Gasteiger partial charge in [0, 0.05) is 24.5 Å². The molecule has 26 heavy (non-hydrogen) atoms. The van der Waals surface area contributed by atoms with Gasteiger partial charge in [-0.25, -0.2) is 13.1 Å². The average molecular weight is 377 g/mol. The minimum atomic E-state index is -3.67. The van der Waals surface area contributed by atoms with Crippen LogP contribution in [0.2, 0.25) is 0 Å². The Bertz CT molecular complexity index is 833. The molecule has 0 saturated carbocycles. The van der Waals surface area contributed by atoms with Gasteiger partial charge >= 0.3 is 0 Å². The molecule has 0 bridgehead atoms. The highest BCUT2D eigenvalue weighted by Crippen LogP contribution is 2.23. The van der Waals surface area contributed by atoms with Gasteiger partial charge in [-0.15, -0.1) is 0 Å². The number of fused-ring (bicyclic) bond motifs is 1. The highest BCUT2D eigenvalue weighted by Gasteiger charge is 2.24. The van der Waals surface area contributed by atoms with Crippen molar-refractivity contribution in [2.75, 3.05) is 19.6 Å². The molecule has 2 atom stereocenters. The predicted molar refractivity (Wildman–Crippen MR) is 105 cm³/mol. The second kappa shape index (κ2) is 8.48. The third-order valence-corrected chi connectivity index (χ3v) is 6.70. The largest absolute Gasteiger partial charge is 0.390 e. The zero-order valence-corrected chi connectivity index (χ0v) is 16.1. The Labute approximate surface area is 156 Å². The van der Waals surface area contributed by atoms with Crippen LogP contribution in [-0.4, -0.2) is 50.2 Å². The second-order valence-corrected chi connectivity index (χ2v) is 8.77. The van der Waals surface area contributed by atoms with Crippen molar-refractivity contribution in [1.29, 1.82) is 0 Å². The van der Waals surface area contributed by atoms with Crippen molar-refractivity contribution in [3.8, 4) is 0 Å². The third kappa shape index (κ3) is 4.43. The van der Waals surface area contributed by atoms with Gasteiger partial charge in [-0.2, -0.15) is 0 Å². The van der Waals surface area contributed by atoms with Crippen LogP contribution < -0.4 is 4.72 Å². The fourth-order valence-corrected chi connectivity index (χ4v) is 5.11. The van der Waals surface area contributed by atoms with Crippen molar-refractivity contribution in [1.82, 2.24) is 9.62 Å². The van der Waals surface area contributed by atoms with E-state index in [2.05, 4.69) is 16.5 Å². The zero-order valence-electron chi connectivity index (χ0n) is 15.3. The van der Waals surface area contributed by atoms with Gasteiger partial charge in [0.25, 0.3) is 0 Å². The van der Waals surface area contributed by atoms with Crippen LogP contribution in [-0.2, 0) is 10.0 Å². The fraction of sp³-hybridized carbons (Fsp3) is 0.500. The van der Waals surface area contributed by atoms with Gasteiger partial charge in [-0.05, 0) is 37.3 Å². The Hall–Kier alpha value is -1.47. The Balaban J connectivity index is 1.66. The molecule has 1 saturated heterocycles. The van der Waals surface area contributed by atoms with Gasteiger partial charge < -0.3 is 5.11 Å². The van der Waals surface area contributed by atoms with E-state index < -0.39 is 16.1 Å². The van der Waals surface area contributed by atoms with E-state index >= 15 is 0 Å². The summed E-state index contributed by atoms with van der Waals surface area (Å²) in [6.07, 6.45) is 3.88. The molecular weight excluding hydrogens is 348 g/mol. The first-order chi connectivity index (χ1) is 12.5. The molecule has 2 aromatic rings. The van der Waals surface area contributed by atoms with E-state index in [4.69, 9.17) is 0 Å². The lowest BCUT2D eigenvalue weighted by Gasteiger charge is -2.36. The summed E-state index contributed by atoms with van der Waals surface area (Å²) >= 11 is 0. The normalized spacial score (nSPS) is 20.3. The predicted octanol–water partition coefficient (Wildman–Crippen LogP) is 2.74. The second-order valence-electron chi connectivity index (χ2n) is 7.04. The van der Waals surface area contributed by atoms with Gasteiger partial charge in [-0.3, -0.25) is 4.90 Å². The van der Waals surface area contributed by atoms with Crippen LogP contribution >= 0.6 is 0 Å². The van der Waals surface area contributed by atoms with E-state index in [1.807, 2.05) is 24.3 Å². The molecule has 1 aliphatic heterocycles. The fourth-order valence-electron chi connectivity index (χ4n) is 3.81. The summed E-state index contributed by atoms with van der Waals surface area (Å²) in [5.41, 5.74) is 0. The number of nitrogens with one attached hydrogen (secondary N) is 1. The smallest absolute Gasteiger partial charge is 0.241 e. The minimum Gasteiger partial charge on any atom is -0.390 e. The first-order valence-electron chi connectivity index (χ1n) is 9.41. The molecule has 0 aromatic heterocycles. The molecule has 0 amide bonds. The lowest BCUT2D eigenvalue weighted by Crippen LogP contribution is -2.46. The molecule has 1 aliphatic rings. The Morgan fingerprint density at radius 2 is 1.96 bits per heavy atom. The Morgan fingerprint density at radius 3 is 2.77 bits per heavy atom. The molecule has 0 radical (unpaired) electrons. The summed E-state index contributed by atoms with van der Waals surface area (Å²) in [5, 5.41) is 11.9. The van der Waals surface area contributed by atoms with E-state index in [0.717, 1.165) is 31.2 Å². The third-order valence-electron chi connectivity index (χ3n) is 5.21.